The molecule has 3 aromatic rings. The van der Waals surface area contributed by atoms with Gasteiger partial charge in [0.05, 0.1) is 7.11 Å². The summed E-state index contributed by atoms with van der Waals surface area (Å²) in [6.07, 6.45) is 2.03. The Morgan fingerprint density at radius 2 is 1.96 bits per heavy atom. The first-order valence-corrected chi connectivity index (χ1v) is 9.10. The second-order valence-corrected chi connectivity index (χ2v) is 6.56. The zero-order valence-corrected chi connectivity index (χ0v) is 15.4. The molecule has 2 aromatic heterocycles. The quantitative estimate of drug-likeness (QED) is 0.634. The van der Waals surface area contributed by atoms with Crippen LogP contribution < -0.4 is 10.1 Å². The van der Waals surface area contributed by atoms with Crippen LogP contribution in [0.3, 0.4) is 0 Å². The average Bonchev–Trinajstić information content (AvgIpc) is 3.26. The van der Waals surface area contributed by atoms with Gasteiger partial charge in [0.2, 0.25) is 6.10 Å². The van der Waals surface area contributed by atoms with Crippen molar-refractivity contribution in [3.8, 4) is 5.75 Å². The molecule has 1 amide bonds. The van der Waals surface area contributed by atoms with E-state index in [0.717, 1.165) is 11.3 Å². The molecule has 0 aliphatic carbocycles. The van der Waals surface area contributed by atoms with Gasteiger partial charge in [-0.1, -0.05) is 24.3 Å². The van der Waals surface area contributed by atoms with E-state index >= 15 is 0 Å². The van der Waals surface area contributed by atoms with Crippen molar-refractivity contribution < 1.29 is 19.1 Å². The van der Waals surface area contributed by atoms with Gasteiger partial charge in [-0.3, -0.25) is 9.78 Å². The van der Waals surface area contributed by atoms with E-state index in [1.807, 2.05) is 24.3 Å². The standard InChI is InChI=1S/C20H18N2O4S/c1-25-16-8-6-14(7-9-16)12-22-19(23)18(15-4-2-10-21-13-15)26-20(24)17-5-3-11-27-17/h2-11,13,18H,12H2,1H3,(H,22,23)/t18-/m1/s1. The molecule has 0 aliphatic rings. The van der Waals surface area contributed by atoms with Crippen LogP contribution in [0.25, 0.3) is 0 Å². The molecule has 138 valence electrons. The first-order valence-electron chi connectivity index (χ1n) is 8.22. The molecule has 1 atom stereocenters. The van der Waals surface area contributed by atoms with Crippen molar-refractivity contribution >= 4 is 23.2 Å². The SMILES string of the molecule is COc1ccc(CNC(=O)[C@H](OC(=O)c2cccs2)c2cccnc2)cc1. The fraction of sp³-hybridized carbons (Fsp3) is 0.150. The summed E-state index contributed by atoms with van der Waals surface area (Å²) >= 11 is 1.26. The van der Waals surface area contributed by atoms with E-state index < -0.39 is 18.0 Å². The van der Waals surface area contributed by atoms with Crippen LogP contribution in [0, 0.1) is 0 Å². The van der Waals surface area contributed by atoms with E-state index in [-0.39, 0.29) is 0 Å². The monoisotopic (exact) mass is 382 g/mol. The fourth-order valence-corrected chi connectivity index (χ4v) is 2.99. The number of ether oxygens (including phenoxy) is 2. The minimum atomic E-state index is -1.08. The second-order valence-electron chi connectivity index (χ2n) is 5.61. The number of thiophene rings is 1. The number of carbonyl (C=O) groups is 2. The Hall–Kier alpha value is -3.19. The zero-order valence-electron chi connectivity index (χ0n) is 14.6. The van der Waals surface area contributed by atoms with Crippen LogP contribution in [-0.4, -0.2) is 24.0 Å². The third-order valence-electron chi connectivity index (χ3n) is 3.80. The molecule has 3 rings (SSSR count). The predicted molar refractivity (Wildman–Crippen MR) is 102 cm³/mol. The van der Waals surface area contributed by atoms with Crippen molar-refractivity contribution in [2.75, 3.05) is 7.11 Å². The normalized spacial score (nSPS) is 11.4. The lowest BCUT2D eigenvalue weighted by Crippen LogP contribution is -2.31. The molecule has 0 fully saturated rings. The Kier molecular flexibility index (Phi) is 6.17. The summed E-state index contributed by atoms with van der Waals surface area (Å²) in [7, 11) is 1.59. The molecule has 27 heavy (non-hydrogen) atoms. The third-order valence-corrected chi connectivity index (χ3v) is 4.65. The predicted octanol–water partition coefficient (Wildman–Crippen LogP) is 3.37. The smallest absolute Gasteiger partial charge is 0.349 e. The number of carbonyl (C=O) groups excluding carboxylic acids is 2. The van der Waals surface area contributed by atoms with Crippen LogP contribution >= 0.6 is 11.3 Å². The van der Waals surface area contributed by atoms with Crippen molar-refractivity contribution in [3.05, 3.63) is 82.3 Å². The van der Waals surface area contributed by atoms with Gasteiger partial charge in [0.25, 0.3) is 5.91 Å². The van der Waals surface area contributed by atoms with Crippen molar-refractivity contribution in [3.63, 3.8) is 0 Å². The van der Waals surface area contributed by atoms with E-state index in [4.69, 9.17) is 9.47 Å². The van der Waals surface area contributed by atoms with Gasteiger partial charge in [-0.05, 0) is 35.2 Å². The van der Waals surface area contributed by atoms with Crippen molar-refractivity contribution in [2.45, 2.75) is 12.6 Å². The Labute approximate surface area is 160 Å². The van der Waals surface area contributed by atoms with Crippen LogP contribution in [0.5, 0.6) is 5.75 Å². The molecular formula is C20H18N2O4S. The molecule has 0 radical (unpaired) electrons. The van der Waals surface area contributed by atoms with Crippen LogP contribution in [-0.2, 0) is 16.1 Å². The summed E-state index contributed by atoms with van der Waals surface area (Å²) in [5, 5.41) is 4.58. The molecule has 0 saturated carbocycles. The number of nitrogens with zero attached hydrogens (tertiary/aromatic N) is 1. The Balaban J connectivity index is 1.71. The number of hydrogen-bond donors (Lipinski definition) is 1. The molecular weight excluding hydrogens is 364 g/mol. The number of amides is 1. The van der Waals surface area contributed by atoms with Crippen molar-refractivity contribution in [1.82, 2.24) is 10.3 Å². The first-order chi connectivity index (χ1) is 13.2. The summed E-state index contributed by atoms with van der Waals surface area (Å²) in [6.45, 7) is 0.302. The number of hydrogen-bond acceptors (Lipinski definition) is 6. The van der Waals surface area contributed by atoms with Gasteiger partial charge >= 0.3 is 5.97 Å². The molecule has 6 nitrogen and oxygen atoms in total. The van der Waals surface area contributed by atoms with E-state index in [9.17, 15) is 9.59 Å². The summed E-state index contributed by atoms with van der Waals surface area (Å²) in [4.78, 5) is 29.5. The number of pyridine rings is 1. The highest BCUT2D eigenvalue weighted by molar-refractivity contribution is 7.11. The van der Waals surface area contributed by atoms with E-state index in [2.05, 4.69) is 10.3 Å². The first kappa shape index (κ1) is 18.6. The highest BCUT2D eigenvalue weighted by Crippen LogP contribution is 2.21. The molecule has 7 heteroatoms. The fourth-order valence-electron chi connectivity index (χ4n) is 2.39. The van der Waals surface area contributed by atoms with Crippen molar-refractivity contribution in [2.24, 2.45) is 0 Å². The lowest BCUT2D eigenvalue weighted by Gasteiger charge is -2.17. The molecule has 0 spiro atoms. The maximum absolute atomic E-state index is 12.7. The number of benzene rings is 1. The molecule has 0 saturated heterocycles. The maximum atomic E-state index is 12.7. The minimum Gasteiger partial charge on any atom is -0.497 e. The van der Waals surface area contributed by atoms with Gasteiger partial charge in [0.1, 0.15) is 10.6 Å². The Morgan fingerprint density at radius 1 is 1.15 bits per heavy atom. The summed E-state index contributed by atoms with van der Waals surface area (Å²) in [6, 6.07) is 14.1. The number of methoxy groups -OCH3 is 1. The molecule has 1 N–H and O–H groups in total. The largest absolute Gasteiger partial charge is 0.497 e. The number of nitrogens with one attached hydrogen (secondary N) is 1. The van der Waals surface area contributed by atoms with Crippen LogP contribution in [0.15, 0.2) is 66.3 Å². The van der Waals surface area contributed by atoms with Gasteiger partial charge in [-0.25, -0.2) is 4.79 Å². The highest BCUT2D eigenvalue weighted by Gasteiger charge is 2.26. The topological polar surface area (TPSA) is 77.5 Å². The number of esters is 1. The maximum Gasteiger partial charge on any atom is 0.349 e. The van der Waals surface area contributed by atoms with E-state index in [1.165, 1.54) is 17.5 Å². The number of aromatic nitrogens is 1. The summed E-state index contributed by atoms with van der Waals surface area (Å²) in [5.74, 6) is -0.217. The van der Waals surface area contributed by atoms with Crippen LogP contribution in [0.1, 0.15) is 26.9 Å². The highest BCUT2D eigenvalue weighted by atomic mass is 32.1. The molecule has 0 unspecified atom stereocenters. The van der Waals surface area contributed by atoms with E-state index in [1.54, 1.807) is 43.0 Å². The Morgan fingerprint density at radius 3 is 2.59 bits per heavy atom. The Bertz CT molecular complexity index is 880. The zero-order chi connectivity index (χ0) is 19.1. The van der Waals surface area contributed by atoms with Gasteiger partial charge in [0.15, 0.2) is 0 Å². The van der Waals surface area contributed by atoms with Crippen LogP contribution in [0.4, 0.5) is 0 Å². The minimum absolute atomic E-state index is 0.302. The lowest BCUT2D eigenvalue weighted by molar-refractivity contribution is -0.130. The summed E-state index contributed by atoms with van der Waals surface area (Å²) in [5.41, 5.74) is 1.41. The van der Waals surface area contributed by atoms with E-state index in [0.29, 0.717) is 17.0 Å². The number of rotatable bonds is 7. The van der Waals surface area contributed by atoms with Crippen LogP contribution in [0.2, 0.25) is 0 Å². The lowest BCUT2D eigenvalue weighted by atomic mass is 10.1. The molecule has 1 aromatic carbocycles. The molecule has 0 bridgehead atoms. The van der Waals surface area contributed by atoms with Gasteiger partial charge in [-0.2, -0.15) is 0 Å². The van der Waals surface area contributed by atoms with Gasteiger partial charge in [0, 0.05) is 24.5 Å². The second kappa shape index (κ2) is 8.95. The average molecular weight is 382 g/mol. The summed E-state index contributed by atoms with van der Waals surface area (Å²) < 4.78 is 10.6. The van der Waals surface area contributed by atoms with Gasteiger partial charge < -0.3 is 14.8 Å². The third kappa shape index (κ3) is 4.92. The van der Waals surface area contributed by atoms with Gasteiger partial charge in [-0.15, -0.1) is 11.3 Å². The molecule has 0 aliphatic heterocycles. The molecule has 2 heterocycles. The van der Waals surface area contributed by atoms with Crippen molar-refractivity contribution in [1.29, 1.82) is 0 Å².